The molecule has 1 aromatic carbocycles. The molecule has 3 unspecified atom stereocenters. The first-order chi connectivity index (χ1) is 9.61. The highest BCUT2D eigenvalue weighted by atomic mass is 35.5. The zero-order valence-corrected chi connectivity index (χ0v) is 13.1. The Morgan fingerprint density at radius 3 is 2.70 bits per heavy atom. The standard InChI is InChI=1S/C16H25ClN2O/c1-3-20-16(10-4-5-12(2)11-16)15(19-18)13-6-8-14(17)9-7-13/h6-9,12,15,19H,3-5,10-11,18H2,1-2H3. The molecular formula is C16H25ClN2O. The van der Waals surface area contributed by atoms with E-state index in [0.29, 0.717) is 12.5 Å². The molecule has 0 aliphatic heterocycles. The molecular weight excluding hydrogens is 272 g/mol. The number of nitrogens with two attached hydrogens (primary N) is 1. The molecule has 20 heavy (non-hydrogen) atoms. The summed E-state index contributed by atoms with van der Waals surface area (Å²) < 4.78 is 6.20. The summed E-state index contributed by atoms with van der Waals surface area (Å²) in [6.45, 7) is 5.05. The van der Waals surface area contributed by atoms with Crippen LogP contribution < -0.4 is 11.3 Å². The molecule has 0 bridgehead atoms. The van der Waals surface area contributed by atoms with Crippen LogP contribution in [-0.2, 0) is 4.74 Å². The Labute approximate surface area is 126 Å². The Bertz CT molecular complexity index is 419. The Morgan fingerprint density at radius 2 is 2.15 bits per heavy atom. The van der Waals surface area contributed by atoms with E-state index >= 15 is 0 Å². The summed E-state index contributed by atoms with van der Waals surface area (Å²) in [5.41, 5.74) is 3.91. The van der Waals surface area contributed by atoms with Gasteiger partial charge in [-0.2, -0.15) is 0 Å². The zero-order valence-electron chi connectivity index (χ0n) is 12.4. The van der Waals surface area contributed by atoms with E-state index in [4.69, 9.17) is 22.2 Å². The summed E-state index contributed by atoms with van der Waals surface area (Å²) in [7, 11) is 0. The van der Waals surface area contributed by atoms with Crippen molar-refractivity contribution in [3.63, 3.8) is 0 Å². The molecule has 3 atom stereocenters. The lowest BCUT2D eigenvalue weighted by Gasteiger charge is -2.45. The molecule has 1 aliphatic rings. The van der Waals surface area contributed by atoms with Crippen molar-refractivity contribution in [1.29, 1.82) is 0 Å². The van der Waals surface area contributed by atoms with Gasteiger partial charge in [-0.1, -0.05) is 43.5 Å². The van der Waals surface area contributed by atoms with Gasteiger partial charge in [0.15, 0.2) is 0 Å². The predicted molar refractivity (Wildman–Crippen MR) is 83.5 cm³/mol. The van der Waals surface area contributed by atoms with Crippen molar-refractivity contribution < 1.29 is 4.74 Å². The second kappa shape index (κ2) is 6.90. The van der Waals surface area contributed by atoms with Gasteiger partial charge in [-0.3, -0.25) is 11.3 Å². The van der Waals surface area contributed by atoms with E-state index in [1.54, 1.807) is 0 Å². The monoisotopic (exact) mass is 296 g/mol. The van der Waals surface area contributed by atoms with Gasteiger partial charge in [0.25, 0.3) is 0 Å². The van der Waals surface area contributed by atoms with Crippen molar-refractivity contribution in [1.82, 2.24) is 5.43 Å². The minimum atomic E-state index is -0.213. The van der Waals surface area contributed by atoms with Gasteiger partial charge < -0.3 is 4.74 Å². The second-order valence-corrected chi connectivity index (χ2v) is 6.29. The van der Waals surface area contributed by atoms with Crippen LogP contribution in [0.4, 0.5) is 0 Å². The van der Waals surface area contributed by atoms with E-state index in [1.165, 1.54) is 12.8 Å². The van der Waals surface area contributed by atoms with E-state index in [9.17, 15) is 0 Å². The molecule has 0 heterocycles. The summed E-state index contributed by atoms with van der Waals surface area (Å²) in [6.07, 6.45) is 4.54. The van der Waals surface area contributed by atoms with Gasteiger partial charge in [-0.15, -0.1) is 0 Å². The molecule has 112 valence electrons. The molecule has 0 spiro atoms. The SMILES string of the molecule is CCOC1(C(NN)c2ccc(Cl)cc2)CCCC(C)C1. The van der Waals surface area contributed by atoms with Gasteiger partial charge in [0, 0.05) is 11.6 Å². The number of hydrogen-bond donors (Lipinski definition) is 2. The molecule has 0 saturated heterocycles. The first-order valence-electron chi connectivity index (χ1n) is 7.47. The highest BCUT2D eigenvalue weighted by molar-refractivity contribution is 6.30. The Morgan fingerprint density at radius 1 is 1.45 bits per heavy atom. The van der Waals surface area contributed by atoms with Crippen molar-refractivity contribution in [2.45, 2.75) is 51.2 Å². The third-order valence-corrected chi connectivity index (χ3v) is 4.57. The fourth-order valence-electron chi connectivity index (χ4n) is 3.51. The van der Waals surface area contributed by atoms with Crippen LogP contribution in [0.2, 0.25) is 5.02 Å². The van der Waals surface area contributed by atoms with Gasteiger partial charge in [0.05, 0.1) is 11.6 Å². The van der Waals surface area contributed by atoms with Crippen LogP contribution in [0.5, 0.6) is 0 Å². The number of hydrazine groups is 1. The first kappa shape index (κ1) is 15.8. The Balaban J connectivity index is 2.31. The van der Waals surface area contributed by atoms with E-state index in [0.717, 1.165) is 23.4 Å². The van der Waals surface area contributed by atoms with Gasteiger partial charge >= 0.3 is 0 Å². The van der Waals surface area contributed by atoms with Gasteiger partial charge in [-0.25, -0.2) is 0 Å². The highest BCUT2D eigenvalue weighted by Crippen LogP contribution is 2.43. The largest absolute Gasteiger partial charge is 0.373 e. The van der Waals surface area contributed by atoms with Crippen LogP contribution in [0.1, 0.15) is 51.1 Å². The lowest BCUT2D eigenvalue weighted by Crippen LogP contribution is -2.51. The van der Waals surface area contributed by atoms with Crippen LogP contribution in [0.25, 0.3) is 0 Å². The molecule has 3 N–H and O–H groups in total. The summed E-state index contributed by atoms with van der Waals surface area (Å²) in [5, 5.41) is 0.743. The number of rotatable bonds is 5. The van der Waals surface area contributed by atoms with Crippen molar-refractivity contribution >= 4 is 11.6 Å². The molecule has 2 rings (SSSR count). The van der Waals surface area contributed by atoms with Gasteiger partial charge in [0.2, 0.25) is 0 Å². The molecule has 0 amide bonds. The molecule has 3 nitrogen and oxygen atoms in total. The smallest absolute Gasteiger partial charge is 0.0891 e. The maximum atomic E-state index is 6.20. The molecule has 1 aromatic rings. The third kappa shape index (κ3) is 3.34. The fourth-order valence-corrected chi connectivity index (χ4v) is 3.64. The van der Waals surface area contributed by atoms with E-state index in [2.05, 4.69) is 19.3 Å². The van der Waals surface area contributed by atoms with Crippen molar-refractivity contribution in [3.8, 4) is 0 Å². The molecule has 1 fully saturated rings. The fraction of sp³-hybridized carbons (Fsp3) is 0.625. The highest BCUT2D eigenvalue weighted by Gasteiger charge is 2.43. The lowest BCUT2D eigenvalue weighted by molar-refractivity contribution is -0.102. The quantitative estimate of drug-likeness (QED) is 0.641. The number of ether oxygens (including phenoxy) is 1. The van der Waals surface area contributed by atoms with Crippen molar-refractivity contribution in [2.75, 3.05) is 6.61 Å². The van der Waals surface area contributed by atoms with Crippen LogP contribution in [-0.4, -0.2) is 12.2 Å². The average molecular weight is 297 g/mol. The van der Waals surface area contributed by atoms with Crippen LogP contribution in [0, 0.1) is 5.92 Å². The molecule has 1 saturated carbocycles. The average Bonchev–Trinajstić information content (AvgIpc) is 2.42. The second-order valence-electron chi connectivity index (χ2n) is 5.85. The number of halogens is 1. The van der Waals surface area contributed by atoms with Crippen molar-refractivity contribution in [2.24, 2.45) is 11.8 Å². The summed E-state index contributed by atoms with van der Waals surface area (Å²) in [5.74, 6) is 6.54. The molecule has 0 aromatic heterocycles. The summed E-state index contributed by atoms with van der Waals surface area (Å²) in [6, 6.07) is 7.89. The third-order valence-electron chi connectivity index (χ3n) is 4.32. The molecule has 4 heteroatoms. The normalized spacial score (nSPS) is 28.3. The first-order valence-corrected chi connectivity index (χ1v) is 7.84. The lowest BCUT2D eigenvalue weighted by atomic mass is 9.73. The maximum absolute atomic E-state index is 6.20. The van der Waals surface area contributed by atoms with E-state index < -0.39 is 0 Å². The molecule has 1 aliphatic carbocycles. The number of benzene rings is 1. The van der Waals surface area contributed by atoms with E-state index in [-0.39, 0.29) is 11.6 Å². The van der Waals surface area contributed by atoms with Crippen LogP contribution in [0.3, 0.4) is 0 Å². The summed E-state index contributed by atoms with van der Waals surface area (Å²) >= 11 is 5.98. The van der Waals surface area contributed by atoms with E-state index in [1.807, 2.05) is 24.3 Å². The molecule has 0 radical (unpaired) electrons. The Kier molecular flexibility index (Phi) is 5.44. The Hall–Kier alpha value is -0.610. The van der Waals surface area contributed by atoms with Gasteiger partial charge in [-0.05, 0) is 43.4 Å². The number of nitrogens with one attached hydrogen (secondary N) is 1. The number of hydrogen-bond acceptors (Lipinski definition) is 3. The topological polar surface area (TPSA) is 47.3 Å². The van der Waals surface area contributed by atoms with Crippen molar-refractivity contribution in [3.05, 3.63) is 34.9 Å². The zero-order chi connectivity index (χ0) is 14.6. The maximum Gasteiger partial charge on any atom is 0.0891 e. The van der Waals surface area contributed by atoms with Gasteiger partial charge in [0.1, 0.15) is 0 Å². The van der Waals surface area contributed by atoms with Crippen LogP contribution >= 0.6 is 11.6 Å². The minimum absolute atomic E-state index is 0.00228. The van der Waals surface area contributed by atoms with Crippen LogP contribution in [0.15, 0.2) is 24.3 Å². The minimum Gasteiger partial charge on any atom is -0.373 e. The predicted octanol–water partition coefficient (Wildman–Crippen LogP) is 3.83. The summed E-state index contributed by atoms with van der Waals surface area (Å²) in [4.78, 5) is 0.